The first-order valence-corrected chi connectivity index (χ1v) is 5.99. The summed E-state index contributed by atoms with van der Waals surface area (Å²) in [5, 5.41) is 8.93. The highest BCUT2D eigenvalue weighted by atomic mass is 35.5. The predicted octanol–water partition coefficient (Wildman–Crippen LogP) is 2.31. The van der Waals surface area contributed by atoms with Crippen LogP contribution in [0, 0.1) is 0 Å². The molecule has 18 heavy (non-hydrogen) atoms. The van der Waals surface area contributed by atoms with Crippen molar-refractivity contribution < 1.29 is 4.74 Å². The first-order valence-electron chi connectivity index (χ1n) is 5.61. The summed E-state index contributed by atoms with van der Waals surface area (Å²) >= 11 is 5.98. The molecule has 0 aliphatic heterocycles. The van der Waals surface area contributed by atoms with Crippen LogP contribution in [0.5, 0.6) is 5.75 Å². The normalized spacial score (nSPS) is 10.4. The zero-order valence-electron chi connectivity index (χ0n) is 10.1. The van der Waals surface area contributed by atoms with Gasteiger partial charge in [0.25, 0.3) is 0 Å². The van der Waals surface area contributed by atoms with E-state index in [2.05, 4.69) is 10.2 Å². The number of nitrogens with two attached hydrogens (primary N) is 1. The highest BCUT2D eigenvalue weighted by molar-refractivity contribution is 6.30. The zero-order valence-corrected chi connectivity index (χ0v) is 10.8. The first-order chi connectivity index (χ1) is 8.74. The van der Waals surface area contributed by atoms with Gasteiger partial charge in [0.15, 0.2) is 0 Å². The van der Waals surface area contributed by atoms with E-state index in [0.29, 0.717) is 11.6 Å². The highest BCUT2D eigenvalue weighted by Gasteiger charge is 2.08. The van der Waals surface area contributed by atoms with Gasteiger partial charge in [-0.1, -0.05) is 11.6 Å². The Morgan fingerprint density at radius 1 is 1.22 bits per heavy atom. The summed E-state index contributed by atoms with van der Waals surface area (Å²) in [5.74, 6) is 0.722. The van der Waals surface area contributed by atoms with Crippen LogP contribution >= 0.6 is 11.6 Å². The predicted molar refractivity (Wildman–Crippen MR) is 71.8 cm³/mol. The lowest BCUT2D eigenvalue weighted by molar-refractivity contribution is 0.416. The van der Waals surface area contributed by atoms with Gasteiger partial charge in [0, 0.05) is 17.0 Å². The van der Waals surface area contributed by atoms with Gasteiger partial charge in [0.2, 0.25) is 0 Å². The molecule has 0 radical (unpaired) electrons. The Morgan fingerprint density at radius 2 is 2.06 bits per heavy atom. The van der Waals surface area contributed by atoms with Crippen molar-refractivity contribution in [1.82, 2.24) is 10.2 Å². The molecule has 0 saturated heterocycles. The molecule has 0 saturated carbocycles. The van der Waals surface area contributed by atoms with Crippen LogP contribution in [-0.2, 0) is 6.42 Å². The average molecular weight is 264 g/mol. The number of nitrogens with zero attached hydrogens (tertiary/aromatic N) is 2. The number of methoxy groups -OCH3 is 1. The molecule has 0 atom stereocenters. The lowest BCUT2D eigenvalue weighted by Gasteiger charge is -2.08. The van der Waals surface area contributed by atoms with Crippen LogP contribution in [0.2, 0.25) is 5.02 Å². The van der Waals surface area contributed by atoms with E-state index in [-0.39, 0.29) is 0 Å². The molecule has 1 heterocycles. The number of rotatable bonds is 4. The van der Waals surface area contributed by atoms with Gasteiger partial charge in [-0.2, -0.15) is 10.2 Å². The summed E-state index contributed by atoms with van der Waals surface area (Å²) in [6.07, 6.45) is 0.722. The highest BCUT2D eigenvalue weighted by Crippen LogP contribution is 2.30. The minimum absolute atomic E-state index is 0.564. The fourth-order valence-corrected chi connectivity index (χ4v) is 1.84. The second-order valence-electron chi connectivity index (χ2n) is 3.79. The second-order valence-corrected chi connectivity index (χ2v) is 4.23. The Kier molecular flexibility index (Phi) is 4.12. The van der Waals surface area contributed by atoms with Crippen molar-refractivity contribution in [3.8, 4) is 17.0 Å². The molecular weight excluding hydrogens is 250 g/mol. The van der Waals surface area contributed by atoms with Crippen LogP contribution < -0.4 is 10.5 Å². The van der Waals surface area contributed by atoms with Crippen LogP contribution in [0.3, 0.4) is 0 Å². The molecule has 94 valence electrons. The van der Waals surface area contributed by atoms with E-state index < -0.39 is 0 Å². The first kappa shape index (κ1) is 12.8. The quantitative estimate of drug-likeness (QED) is 0.920. The van der Waals surface area contributed by atoms with E-state index in [1.54, 1.807) is 13.2 Å². The molecule has 0 unspecified atom stereocenters. The van der Waals surface area contributed by atoms with E-state index in [9.17, 15) is 0 Å². The summed E-state index contributed by atoms with van der Waals surface area (Å²) in [6, 6.07) is 9.21. The zero-order chi connectivity index (χ0) is 13.0. The van der Waals surface area contributed by atoms with Crippen molar-refractivity contribution in [3.63, 3.8) is 0 Å². The summed E-state index contributed by atoms with van der Waals surface area (Å²) in [6.45, 7) is 0.564. The number of ether oxygens (including phenoxy) is 1. The Hall–Kier alpha value is -1.65. The number of benzene rings is 1. The topological polar surface area (TPSA) is 61.0 Å². The molecule has 1 aromatic carbocycles. The molecule has 5 heteroatoms. The molecule has 0 aliphatic rings. The third-order valence-electron chi connectivity index (χ3n) is 2.56. The lowest BCUT2D eigenvalue weighted by Crippen LogP contribution is -2.05. The standard InChI is InChI=1S/C13H14ClN3O/c1-18-13-5-2-9(14)8-11(13)12-4-3-10(6-7-15)16-17-12/h2-5,8H,6-7,15H2,1H3. The Balaban J connectivity index is 2.38. The van der Waals surface area contributed by atoms with Gasteiger partial charge in [-0.05, 0) is 36.9 Å². The van der Waals surface area contributed by atoms with E-state index >= 15 is 0 Å². The summed E-state index contributed by atoms with van der Waals surface area (Å²) in [5.41, 5.74) is 7.91. The minimum atomic E-state index is 0.564. The molecule has 2 aromatic rings. The maximum Gasteiger partial charge on any atom is 0.128 e. The molecular formula is C13H14ClN3O. The Morgan fingerprint density at radius 3 is 2.67 bits per heavy atom. The molecule has 0 amide bonds. The van der Waals surface area contributed by atoms with Gasteiger partial charge in [-0.3, -0.25) is 0 Å². The average Bonchev–Trinajstić information content (AvgIpc) is 2.40. The van der Waals surface area contributed by atoms with Crippen LogP contribution in [-0.4, -0.2) is 23.9 Å². The van der Waals surface area contributed by atoms with Crippen molar-refractivity contribution in [2.45, 2.75) is 6.42 Å². The number of halogens is 1. The molecule has 1 aromatic heterocycles. The third kappa shape index (κ3) is 2.78. The molecule has 2 rings (SSSR count). The van der Waals surface area contributed by atoms with Crippen molar-refractivity contribution in [2.24, 2.45) is 5.73 Å². The van der Waals surface area contributed by atoms with Gasteiger partial charge in [0.1, 0.15) is 5.75 Å². The smallest absolute Gasteiger partial charge is 0.128 e. The number of hydrogen-bond acceptors (Lipinski definition) is 4. The molecule has 0 aliphatic carbocycles. The van der Waals surface area contributed by atoms with Gasteiger partial charge < -0.3 is 10.5 Å². The molecule has 4 nitrogen and oxygen atoms in total. The summed E-state index contributed by atoms with van der Waals surface area (Å²) in [7, 11) is 1.61. The van der Waals surface area contributed by atoms with E-state index in [0.717, 1.165) is 29.1 Å². The summed E-state index contributed by atoms with van der Waals surface area (Å²) < 4.78 is 5.29. The molecule has 0 spiro atoms. The van der Waals surface area contributed by atoms with E-state index in [4.69, 9.17) is 22.1 Å². The third-order valence-corrected chi connectivity index (χ3v) is 2.79. The van der Waals surface area contributed by atoms with Crippen molar-refractivity contribution >= 4 is 11.6 Å². The van der Waals surface area contributed by atoms with Gasteiger partial charge in [-0.25, -0.2) is 0 Å². The van der Waals surface area contributed by atoms with Crippen LogP contribution in [0.15, 0.2) is 30.3 Å². The SMILES string of the molecule is COc1ccc(Cl)cc1-c1ccc(CCN)nn1. The minimum Gasteiger partial charge on any atom is -0.496 e. The largest absolute Gasteiger partial charge is 0.496 e. The maximum absolute atomic E-state index is 5.98. The maximum atomic E-state index is 5.98. The van der Waals surface area contributed by atoms with E-state index in [1.165, 1.54) is 0 Å². The van der Waals surface area contributed by atoms with Gasteiger partial charge in [-0.15, -0.1) is 0 Å². The Labute approximate surface area is 111 Å². The van der Waals surface area contributed by atoms with Gasteiger partial charge in [0.05, 0.1) is 18.5 Å². The fourth-order valence-electron chi connectivity index (χ4n) is 1.67. The molecule has 0 bridgehead atoms. The van der Waals surface area contributed by atoms with Crippen LogP contribution in [0.1, 0.15) is 5.69 Å². The molecule has 0 fully saturated rings. The fraction of sp³-hybridized carbons (Fsp3) is 0.231. The second kappa shape index (κ2) is 5.80. The van der Waals surface area contributed by atoms with Crippen molar-refractivity contribution in [3.05, 3.63) is 41.0 Å². The van der Waals surface area contributed by atoms with E-state index in [1.807, 2.05) is 24.3 Å². The Bertz CT molecular complexity index is 528. The number of hydrogen-bond donors (Lipinski definition) is 1. The van der Waals surface area contributed by atoms with Crippen molar-refractivity contribution in [2.75, 3.05) is 13.7 Å². The van der Waals surface area contributed by atoms with Crippen LogP contribution in [0.4, 0.5) is 0 Å². The van der Waals surface area contributed by atoms with Gasteiger partial charge >= 0.3 is 0 Å². The monoisotopic (exact) mass is 263 g/mol. The lowest BCUT2D eigenvalue weighted by atomic mass is 10.1. The van der Waals surface area contributed by atoms with Crippen LogP contribution in [0.25, 0.3) is 11.3 Å². The number of aromatic nitrogens is 2. The van der Waals surface area contributed by atoms with Crippen molar-refractivity contribution in [1.29, 1.82) is 0 Å². The summed E-state index contributed by atoms with van der Waals surface area (Å²) in [4.78, 5) is 0. The molecule has 2 N–H and O–H groups in total.